The van der Waals surface area contributed by atoms with Gasteiger partial charge in [0.2, 0.25) is 0 Å². The Morgan fingerprint density at radius 2 is 1.87 bits per heavy atom. The summed E-state index contributed by atoms with van der Waals surface area (Å²) in [4.78, 5) is 29.2. The molecule has 2 amide bonds. The minimum absolute atomic E-state index is 0.00511. The number of nitrogens with one attached hydrogen (secondary N) is 1. The Labute approximate surface area is 188 Å². The first kappa shape index (κ1) is 21.3. The molecular weight excluding hydrogens is 468 g/mol. The summed E-state index contributed by atoms with van der Waals surface area (Å²) in [6.45, 7) is 3.99. The van der Waals surface area contributed by atoms with E-state index in [0.29, 0.717) is 42.6 Å². The van der Waals surface area contributed by atoms with E-state index in [1.807, 2.05) is 29.2 Å². The minimum Gasteiger partial charge on any atom is -0.481 e. The van der Waals surface area contributed by atoms with E-state index < -0.39 is 6.10 Å². The maximum Gasteiger partial charge on any atom is 0.265 e. The second kappa shape index (κ2) is 9.49. The fraction of sp³-hybridized carbons (Fsp3) is 0.455. The molecule has 1 atom stereocenters. The van der Waals surface area contributed by atoms with E-state index in [1.165, 1.54) is 16.2 Å². The van der Waals surface area contributed by atoms with Crippen molar-refractivity contribution < 1.29 is 19.1 Å². The number of benzene rings is 1. The lowest BCUT2D eigenvalue weighted by Gasteiger charge is -2.28. The average Bonchev–Trinajstić information content (AvgIpc) is 3.13. The summed E-state index contributed by atoms with van der Waals surface area (Å²) < 4.78 is 12.1. The zero-order chi connectivity index (χ0) is 21.1. The van der Waals surface area contributed by atoms with Crippen LogP contribution >= 0.6 is 27.3 Å². The lowest BCUT2D eigenvalue weighted by Crippen LogP contribution is -2.41. The van der Waals surface area contributed by atoms with Crippen molar-refractivity contribution in [3.8, 4) is 5.75 Å². The van der Waals surface area contributed by atoms with E-state index in [9.17, 15) is 9.59 Å². The Morgan fingerprint density at radius 3 is 2.60 bits per heavy atom. The Bertz CT molecular complexity index is 922. The van der Waals surface area contributed by atoms with Crippen LogP contribution in [0.4, 0.5) is 5.00 Å². The van der Waals surface area contributed by atoms with Crippen LogP contribution in [0.25, 0.3) is 0 Å². The molecule has 1 aromatic carbocycles. The van der Waals surface area contributed by atoms with Gasteiger partial charge in [0.15, 0.2) is 6.10 Å². The second-order valence-corrected chi connectivity index (χ2v) is 9.54. The van der Waals surface area contributed by atoms with Crippen LogP contribution in [0, 0.1) is 0 Å². The number of anilines is 1. The molecule has 2 aliphatic rings. The SMILES string of the molecule is CC(Oc1ccc(Br)cc1)C(=O)Nc1sc2c(c1C(=O)N1CCOCC1)CCCC2. The molecule has 2 aromatic rings. The molecule has 0 bridgehead atoms. The van der Waals surface area contributed by atoms with Gasteiger partial charge in [-0.3, -0.25) is 9.59 Å². The largest absolute Gasteiger partial charge is 0.481 e. The number of hydrogen-bond donors (Lipinski definition) is 1. The molecule has 0 spiro atoms. The van der Waals surface area contributed by atoms with Crippen molar-refractivity contribution >= 4 is 44.1 Å². The van der Waals surface area contributed by atoms with Gasteiger partial charge in [0, 0.05) is 22.4 Å². The Kier molecular flexibility index (Phi) is 6.75. The number of hydrogen-bond acceptors (Lipinski definition) is 5. The van der Waals surface area contributed by atoms with Gasteiger partial charge in [-0.2, -0.15) is 0 Å². The summed E-state index contributed by atoms with van der Waals surface area (Å²) in [5.74, 6) is 0.359. The summed E-state index contributed by atoms with van der Waals surface area (Å²) in [5.41, 5.74) is 1.78. The highest BCUT2D eigenvalue weighted by Crippen LogP contribution is 2.39. The van der Waals surface area contributed by atoms with Gasteiger partial charge < -0.3 is 19.7 Å². The number of ether oxygens (including phenoxy) is 2. The van der Waals surface area contributed by atoms with E-state index in [0.717, 1.165) is 35.7 Å². The summed E-state index contributed by atoms with van der Waals surface area (Å²) in [6.07, 6.45) is 3.36. The molecule has 0 radical (unpaired) electrons. The van der Waals surface area contributed by atoms with Crippen molar-refractivity contribution in [3.05, 3.63) is 44.7 Å². The molecule has 2 heterocycles. The van der Waals surface area contributed by atoms with Crippen molar-refractivity contribution in [3.63, 3.8) is 0 Å². The molecule has 4 rings (SSSR count). The van der Waals surface area contributed by atoms with Crippen molar-refractivity contribution in [1.82, 2.24) is 4.90 Å². The van der Waals surface area contributed by atoms with Gasteiger partial charge in [-0.05, 0) is 62.4 Å². The number of fused-ring (bicyclic) bond motifs is 1. The topological polar surface area (TPSA) is 67.9 Å². The lowest BCUT2D eigenvalue weighted by molar-refractivity contribution is -0.122. The van der Waals surface area contributed by atoms with Gasteiger partial charge in [0.25, 0.3) is 11.8 Å². The van der Waals surface area contributed by atoms with E-state index in [-0.39, 0.29) is 11.8 Å². The number of rotatable bonds is 5. The monoisotopic (exact) mass is 492 g/mol. The van der Waals surface area contributed by atoms with Crippen LogP contribution in [0.15, 0.2) is 28.7 Å². The molecule has 1 aliphatic heterocycles. The lowest BCUT2D eigenvalue weighted by atomic mass is 9.95. The van der Waals surface area contributed by atoms with Gasteiger partial charge >= 0.3 is 0 Å². The molecule has 1 saturated heterocycles. The zero-order valence-corrected chi connectivity index (χ0v) is 19.3. The Balaban J connectivity index is 1.53. The Morgan fingerprint density at radius 1 is 1.17 bits per heavy atom. The van der Waals surface area contributed by atoms with Gasteiger partial charge in [-0.15, -0.1) is 11.3 Å². The molecule has 0 saturated carbocycles. The van der Waals surface area contributed by atoms with Crippen molar-refractivity contribution in [2.75, 3.05) is 31.6 Å². The molecule has 1 aromatic heterocycles. The predicted octanol–water partition coefficient (Wildman–Crippen LogP) is 4.27. The fourth-order valence-corrected chi connectivity index (χ4v) is 5.34. The Hall–Kier alpha value is -1.90. The van der Waals surface area contributed by atoms with Gasteiger partial charge in [0.05, 0.1) is 18.8 Å². The van der Waals surface area contributed by atoms with Crippen LogP contribution in [0.1, 0.15) is 40.6 Å². The number of halogens is 1. The number of morpholine rings is 1. The quantitative estimate of drug-likeness (QED) is 0.676. The number of carbonyl (C=O) groups excluding carboxylic acids is 2. The van der Waals surface area contributed by atoms with Crippen LogP contribution in [0.5, 0.6) is 5.75 Å². The summed E-state index contributed by atoms with van der Waals surface area (Å²) in [5, 5.41) is 3.63. The van der Waals surface area contributed by atoms with Gasteiger partial charge in [0.1, 0.15) is 10.8 Å². The highest BCUT2D eigenvalue weighted by Gasteiger charge is 2.30. The zero-order valence-electron chi connectivity index (χ0n) is 16.9. The second-order valence-electron chi connectivity index (χ2n) is 7.52. The standard InChI is InChI=1S/C22H25BrN2O4S/c1-14(29-16-8-6-15(23)7-9-16)20(26)24-21-19(17-4-2-3-5-18(17)30-21)22(27)25-10-12-28-13-11-25/h6-9,14H,2-5,10-13H2,1H3,(H,24,26). The van der Waals surface area contributed by atoms with Crippen LogP contribution < -0.4 is 10.1 Å². The first-order valence-electron chi connectivity index (χ1n) is 10.3. The van der Waals surface area contributed by atoms with E-state index in [1.54, 1.807) is 6.92 Å². The van der Waals surface area contributed by atoms with Crippen molar-refractivity contribution in [2.45, 2.75) is 38.7 Å². The van der Waals surface area contributed by atoms with Crippen LogP contribution in [-0.4, -0.2) is 49.1 Å². The molecule has 8 heteroatoms. The summed E-state index contributed by atoms with van der Waals surface area (Å²) >= 11 is 4.93. The third kappa shape index (κ3) is 4.71. The molecule has 1 aliphatic carbocycles. The molecular formula is C22H25BrN2O4S. The number of thiophene rings is 1. The maximum atomic E-state index is 13.3. The van der Waals surface area contributed by atoms with Crippen LogP contribution in [0.3, 0.4) is 0 Å². The van der Waals surface area contributed by atoms with Gasteiger partial charge in [-0.1, -0.05) is 15.9 Å². The maximum absolute atomic E-state index is 13.3. The molecule has 1 N–H and O–H groups in total. The molecule has 1 fully saturated rings. The first-order valence-corrected chi connectivity index (χ1v) is 11.9. The van der Waals surface area contributed by atoms with Crippen molar-refractivity contribution in [1.29, 1.82) is 0 Å². The number of aryl methyl sites for hydroxylation is 1. The molecule has 6 nitrogen and oxygen atoms in total. The number of nitrogens with zero attached hydrogens (tertiary/aromatic N) is 1. The third-order valence-electron chi connectivity index (χ3n) is 5.42. The highest BCUT2D eigenvalue weighted by molar-refractivity contribution is 9.10. The molecule has 160 valence electrons. The highest BCUT2D eigenvalue weighted by atomic mass is 79.9. The molecule has 1 unspecified atom stereocenters. The van der Waals surface area contributed by atoms with E-state index in [2.05, 4.69) is 21.2 Å². The van der Waals surface area contributed by atoms with Crippen LogP contribution in [-0.2, 0) is 22.4 Å². The first-order chi connectivity index (χ1) is 14.5. The van der Waals surface area contributed by atoms with E-state index in [4.69, 9.17) is 9.47 Å². The molecule has 30 heavy (non-hydrogen) atoms. The predicted molar refractivity (Wildman–Crippen MR) is 121 cm³/mol. The van der Waals surface area contributed by atoms with Crippen molar-refractivity contribution in [2.24, 2.45) is 0 Å². The summed E-state index contributed by atoms with van der Waals surface area (Å²) in [6, 6.07) is 7.36. The normalized spacial score (nSPS) is 17.2. The number of amides is 2. The number of carbonyl (C=O) groups is 2. The average molecular weight is 493 g/mol. The van der Waals surface area contributed by atoms with E-state index >= 15 is 0 Å². The summed E-state index contributed by atoms with van der Waals surface area (Å²) in [7, 11) is 0. The fourth-order valence-electron chi connectivity index (χ4n) is 3.79. The third-order valence-corrected chi connectivity index (χ3v) is 7.15. The smallest absolute Gasteiger partial charge is 0.265 e. The van der Waals surface area contributed by atoms with Crippen LogP contribution in [0.2, 0.25) is 0 Å². The minimum atomic E-state index is -0.684. The van der Waals surface area contributed by atoms with Gasteiger partial charge in [-0.25, -0.2) is 0 Å².